The number of nitrogens with zero attached hydrogens (tertiary/aromatic N) is 1. The number of aromatic nitrogens is 1. The topological polar surface area (TPSA) is 64.4 Å². The van der Waals surface area contributed by atoms with Crippen LogP contribution in [0.15, 0.2) is 65.2 Å². The molecule has 0 atom stereocenters. The van der Waals surface area contributed by atoms with Gasteiger partial charge in [-0.25, -0.2) is 4.79 Å². The predicted octanol–water partition coefficient (Wildman–Crippen LogP) is 3.81. The molecule has 0 fully saturated rings. The van der Waals surface area contributed by atoms with Crippen LogP contribution in [0.2, 0.25) is 0 Å². The molecule has 0 saturated heterocycles. The van der Waals surface area contributed by atoms with E-state index in [0.29, 0.717) is 25.3 Å². The lowest BCUT2D eigenvalue weighted by Gasteiger charge is -2.03. The summed E-state index contributed by atoms with van der Waals surface area (Å²) in [6.45, 7) is 3.47. The molecule has 0 radical (unpaired) electrons. The van der Waals surface area contributed by atoms with Crippen molar-refractivity contribution in [3.05, 3.63) is 77.8 Å². The average Bonchev–Trinajstić information content (AvgIpc) is 3.12. The zero-order chi connectivity index (χ0) is 17.5. The fourth-order valence-electron chi connectivity index (χ4n) is 2.43. The minimum Gasteiger partial charge on any atom is -0.462 e. The lowest BCUT2D eigenvalue weighted by Crippen LogP contribution is -2.12. The molecule has 2 heterocycles. The van der Waals surface area contributed by atoms with E-state index in [-0.39, 0.29) is 5.97 Å². The van der Waals surface area contributed by atoms with Gasteiger partial charge in [-0.2, -0.15) is 0 Å². The van der Waals surface area contributed by atoms with Gasteiger partial charge in [0.2, 0.25) is 0 Å². The smallest absolute Gasteiger partial charge is 0.338 e. The molecule has 1 N–H and O–H groups in total. The lowest BCUT2D eigenvalue weighted by molar-refractivity contribution is 0.0526. The number of hydrogen-bond acceptors (Lipinski definition) is 5. The van der Waals surface area contributed by atoms with Crippen LogP contribution in [-0.2, 0) is 17.8 Å². The fraction of sp³-hybridized carbons (Fsp3) is 0.200. The third-order valence-corrected chi connectivity index (χ3v) is 3.67. The van der Waals surface area contributed by atoms with Gasteiger partial charge in [-0.1, -0.05) is 18.2 Å². The van der Waals surface area contributed by atoms with E-state index in [9.17, 15) is 4.79 Å². The van der Waals surface area contributed by atoms with Crippen LogP contribution in [-0.4, -0.2) is 17.6 Å². The summed E-state index contributed by atoms with van der Waals surface area (Å²) in [6, 6.07) is 16.9. The Morgan fingerprint density at radius 3 is 2.64 bits per heavy atom. The third-order valence-electron chi connectivity index (χ3n) is 3.67. The zero-order valence-electron chi connectivity index (χ0n) is 14.1. The van der Waals surface area contributed by atoms with E-state index >= 15 is 0 Å². The highest BCUT2D eigenvalue weighted by Crippen LogP contribution is 2.23. The summed E-state index contributed by atoms with van der Waals surface area (Å²) in [7, 11) is 0. The van der Waals surface area contributed by atoms with Crippen molar-refractivity contribution in [2.75, 3.05) is 6.61 Å². The molecule has 0 bridgehead atoms. The number of esters is 1. The van der Waals surface area contributed by atoms with Gasteiger partial charge in [0.1, 0.15) is 11.5 Å². The quantitative estimate of drug-likeness (QED) is 0.665. The zero-order valence-corrected chi connectivity index (χ0v) is 14.1. The molecular weight excluding hydrogens is 316 g/mol. The lowest BCUT2D eigenvalue weighted by atomic mass is 10.1. The standard InChI is InChI=1S/C20H20N2O3/c1-2-24-20(23)16-8-6-15(7-9-16)19-11-10-18(25-19)14-21-13-17-5-3-4-12-22-17/h3-12,21H,2,13-14H2,1H3. The minimum atomic E-state index is -0.312. The Bertz CT molecular complexity index is 810. The van der Waals surface area contributed by atoms with E-state index in [4.69, 9.17) is 9.15 Å². The maximum atomic E-state index is 11.7. The van der Waals surface area contributed by atoms with Crippen LogP contribution in [0.5, 0.6) is 0 Å². The maximum absolute atomic E-state index is 11.7. The van der Waals surface area contributed by atoms with Crippen molar-refractivity contribution >= 4 is 5.97 Å². The third kappa shape index (κ3) is 4.55. The minimum absolute atomic E-state index is 0.312. The molecule has 0 unspecified atom stereocenters. The molecule has 128 valence electrons. The number of carbonyl (C=O) groups is 1. The number of pyridine rings is 1. The predicted molar refractivity (Wildman–Crippen MR) is 94.9 cm³/mol. The highest BCUT2D eigenvalue weighted by molar-refractivity contribution is 5.89. The van der Waals surface area contributed by atoms with E-state index in [0.717, 1.165) is 22.8 Å². The first kappa shape index (κ1) is 16.9. The Hall–Kier alpha value is -2.92. The van der Waals surface area contributed by atoms with Gasteiger partial charge in [-0.15, -0.1) is 0 Å². The fourth-order valence-corrected chi connectivity index (χ4v) is 2.43. The van der Waals surface area contributed by atoms with Crippen molar-refractivity contribution < 1.29 is 13.9 Å². The molecule has 5 nitrogen and oxygen atoms in total. The largest absolute Gasteiger partial charge is 0.462 e. The van der Waals surface area contributed by atoms with Crippen molar-refractivity contribution in [2.45, 2.75) is 20.0 Å². The van der Waals surface area contributed by atoms with Gasteiger partial charge in [-0.05, 0) is 43.3 Å². The van der Waals surface area contributed by atoms with Crippen molar-refractivity contribution in [1.29, 1.82) is 0 Å². The number of carbonyl (C=O) groups excluding carboxylic acids is 1. The van der Waals surface area contributed by atoms with Crippen molar-refractivity contribution in [3.8, 4) is 11.3 Å². The van der Waals surface area contributed by atoms with Crippen LogP contribution in [0.3, 0.4) is 0 Å². The number of benzene rings is 1. The molecule has 0 aliphatic carbocycles. The summed E-state index contributed by atoms with van der Waals surface area (Å²) in [4.78, 5) is 15.9. The van der Waals surface area contributed by atoms with Gasteiger partial charge in [0, 0.05) is 18.3 Å². The van der Waals surface area contributed by atoms with Gasteiger partial charge in [0.25, 0.3) is 0 Å². The van der Waals surface area contributed by atoms with E-state index < -0.39 is 0 Å². The first-order valence-electron chi connectivity index (χ1n) is 8.23. The molecule has 3 aromatic rings. The molecule has 25 heavy (non-hydrogen) atoms. The number of nitrogens with one attached hydrogen (secondary N) is 1. The van der Waals surface area contributed by atoms with E-state index in [1.54, 1.807) is 25.3 Å². The summed E-state index contributed by atoms with van der Waals surface area (Å²) < 4.78 is 10.8. The van der Waals surface area contributed by atoms with Gasteiger partial charge >= 0.3 is 5.97 Å². The summed E-state index contributed by atoms with van der Waals surface area (Å²) >= 11 is 0. The van der Waals surface area contributed by atoms with Gasteiger partial charge in [-0.3, -0.25) is 4.98 Å². The monoisotopic (exact) mass is 336 g/mol. The summed E-state index contributed by atoms with van der Waals surface area (Å²) in [5.41, 5.74) is 2.45. The molecule has 0 amide bonds. The van der Waals surface area contributed by atoms with Crippen LogP contribution in [0.25, 0.3) is 11.3 Å². The van der Waals surface area contributed by atoms with Crippen molar-refractivity contribution in [1.82, 2.24) is 10.3 Å². The Morgan fingerprint density at radius 2 is 1.92 bits per heavy atom. The molecule has 1 aromatic carbocycles. The highest BCUT2D eigenvalue weighted by atomic mass is 16.5. The number of furan rings is 1. The molecule has 0 aliphatic rings. The van der Waals surface area contributed by atoms with E-state index in [1.807, 2.05) is 42.5 Å². The van der Waals surface area contributed by atoms with E-state index in [2.05, 4.69) is 10.3 Å². The molecule has 2 aromatic heterocycles. The van der Waals surface area contributed by atoms with Crippen LogP contribution in [0.1, 0.15) is 28.7 Å². The average molecular weight is 336 g/mol. The van der Waals surface area contributed by atoms with Crippen molar-refractivity contribution in [2.24, 2.45) is 0 Å². The van der Waals surface area contributed by atoms with E-state index in [1.165, 1.54) is 0 Å². The Kier molecular flexibility index (Phi) is 5.59. The van der Waals surface area contributed by atoms with Gasteiger partial charge in [0.05, 0.1) is 24.4 Å². The molecule has 5 heteroatoms. The Balaban J connectivity index is 1.58. The molecule has 0 saturated carbocycles. The molecular formula is C20H20N2O3. The van der Waals surface area contributed by atoms with Gasteiger partial charge in [0.15, 0.2) is 0 Å². The number of rotatable bonds is 7. The second-order valence-corrected chi connectivity index (χ2v) is 5.49. The van der Waals surface area contributed by atoms with Crippen LogP contribution in [0.4, 0.5) is 0 Å². The van der Waals surface area contributed by atoms with Gasteiger partial charge < -0.3 is 14.5 Å². The first-order valence-corrected chi connectivity index (χ1v) is 8.23. The molecule has 0 aliphatic heterocycles. The number of hydrogen-bond donors (Lipinski definition) is 1. The molecule has 0 spiro atoms. The number of ether oxygens (including phenoxy) is 1. The second-order valence-electron chi connectivity index (χ2n) is 5.49. The molecule has 3 rings (SSSR count). The SMILES string of the molecule is CCOC(=O)c1ccc(-c2ccc(CNCc3ccccn3)o2)cc1. The second kappa shape index (κ2) is 8.26. The normalized spacial score (nSPS) is 10.6. The summed E-state index contributed by atoms with van der Waals surface area (Å²) in [5.74, 6) is 1.30. The van der Waals surface area contributed by atoms with Crippen LogP contribution < -0.4 is 5.32 Å². The first-order chi connectivity index (χ1) is 12.3. The summed E-state index contributed by atoms with van der Waals surface area (Å²) in [6.07, 6.45) is 1.78. The highest BCUT2D eigenvalue weighted by Gasteiger charge is 2.08. The Morgan fingerprint density at radius 1 is 1.08 bits per heavy atom. The Labute approximate surface area is 146 Å². The van der Waals surface area contributed by atoms with Crippen molar-refractivity contribution in [3.63, 3.8) is 0 Å². The van der Waals surface area contributed by atoms with Crippen LogP contribution in [0, 0.1) is 0 Å². The van der Waals surface area contributed by atoms with Crippen LogP contribution >= 0.6 is 0 Å². The maximum Gasteiger partial charge on any atom is 0.338 e. The summed E-state index contributed by atoms with van der Waals surface area (Å²) in [5, 5.41) is 3.30.